The van der Waals surface area contributed by atoms with Gasteiger partial charge in [-0.15, -0.1) is 0 Å². The molecule has 0 aromatic rings. The molecule has 2 nitrogen and oxygen atoms in total. The SMILES string of the molecule is CC(=O)[O-].[Ag+].[Zn]. The van der Waals surface area contributed by atoms with Crippen LogP contribution in [-0.2, 0) is 46.7 Å². The molecule has 0 fully saturated rings. The van der Waals surface area contributed by atoms with E-state index in [-0.39, 0.29) is 41.9 Å². The topological polar surface area (TPSA) is 40.1 Å². The van der Waals surface area contributed by atoms with Crippen molar-refractivity contribution in [1.82, 2.24) is 0 Å². The normalized spacial score (nSPS) is 4.17. The number of hydrogen-bond acceptors (Lipinski definition) is 2. The second kappa shape index (κ2) is 9.27. The molecule has 0 atom stereocenters. The Balaban J connectivity index is -0.0000000450. The van der Waals surface area contributed by atoms with Crippen LogP contribution in [0.5, 0.6) is 0 Å². The van der Waals surface area contributed by atoms with Crippen molar-refractivity contribution in [3.8, 4) is 0 Å². The van der Waals surface area contributed by atoms with Gasteiger partial charge in [0, 0.05) is 25.4 Å². The van der Waals surface area contributed by atoms with Gasteiger partial charge in [-0.05, 0) is 6.92 Å². The molecule has 0 rings (SSSR count). The predicted octanol–water partition coefficient (Wildman–Crippen LogP) is -1.25. The van der Waals surface area contributed by atoms with Crippen LogP contribution in [0.25, 0.3) is 0 Å². The van der Waals surface area contributed by atoms with Gasteiger partial charge in [0.2, 0.25) is 0 Å². The zero-order valence-electron chi connectivity index (χ0n) is 3.33. The molecule has 0 aromatic carbocycles. The first-order chi connectivity index (χ1) is 1.73. The molecule has 0 bridgehead atoms. The maximum Gasteiger partial charge on any atom is 1.00 e. The van der Waals surface area contributed by atoms with Crippen LogP contribution in [0, 0.1) is 0 Å². The Morgan fingerprint density at radius 2 is 1.67 bits per heavy atom. The number of aliphatic carboxylic acids is 1. The van der Waals surface area contributed by atoms with Crippen LogP contribution in [0.1, 0.15) is 6.92 Å². The van der Waals surface area contributed by atoms with Gasteiger partial charge >= 0.3 is 22.4 Å². The van der Waals surface area contributed by atoms with E-state index in [9.17, 15) is 0 Å². The molecule has 0 spiro atoms. The fourth-order valence-electron chi connectivity index (χ4n) is 0. The van der Waals surface area contributed by atoms with E-state index in [1.54, 1.807) is 0 Å². The Morgan fingerprint density at radius 3 is 1.67 bits per heavy atom. The van der Waals surface area contributed by atoms with Crippen LogP contribution in [0.4, 0.5) is 0 Å². The van der Waals surface area contributed by atoms with Gasteiger partial charge in [-0.25, -0.2) is 0 Å². The summed E-state index contributed by atoms with van der Waals surface area (Å²) >= 11 is 0. The maximum atomic E-state index is 8.89. The summed E-state index contributed by atoms with van der Waals surface area (Å²) in [7, 11) is 0. The third-order valence-corrected chi connectivity index (χ3v) is 0. The quantitative estimate of drug-likeness (QED) is 0.490. The van der Waals surface area contributed by atoms with Crippen molar-refractivity contribution in [2.45, 2.75) is 6.92 Å². The largest absolute Gasteiger partial charge is 1.00 e. The number of carboxylic acid groups (broad SMARTS) is 1. The van der Waals surface area contributed by atoms with E-state index in [4.69, 9.17) is 9.90 Å². The van der Waals surface area contributed by atoms with Crippen molar-refractivity contribution in [2.75, 3.05) is 0 Å². The second-order valence-electron chi connectivity index (χ2n) is 0.492. The van der Waals surface area contributed by atoms with E-state index < -0.39 is 5.97 Å². The third-order valence-electron chi connectivity index (χ3n) is 0. The maximum absolute atomic E-state index is 8.89. The average molecular weight is 232 g/mol. The summed E-state index contributed by atoms with van der Waals surface area (Å²) in [5.74, 6) is -1.08. The molecule has 0 radical (unpaired) electrons. The van der Waals surface area contributed by atoms with Crippen molar-refractivity contribution >= 4 is 5.97 Å². The molecule has 6 heavy (non-hydrogen) atoms. The van der Waals surface area contributed by atoms with Crippen LogP contribution in [0.2, 0.25) is 0 Å². The summed E-state index contributed by atoms with van der Waals surface area (Å²) in [6.45, 7) is 0.972. The van der Waals surface area contributed by atoms with Crippen molar-refractivity contribution in [2.24, 2.45) is 0 Å². The molecule has 0 unspecified atom stereocenters. The van der Waals surface area contributed by atoms with Gasteiger partial charge in [0.1, 0.15) is 0 Å². The minimum absolute atomic E-state index is 0. The molecule has 0 saturated carbocycles. The number of rotatable bonds is 0. The summed E-state index contributed by atoms with van der Waals surface area (Å²) in [5, 5.41) is 8.89. The molecular formula is C2H3AgO2Zn. The third kappa shape index (κ3) is 102. The first-order valence-electron chi connectivity index (χ1n) is 0.908. The van der Waals surface area contributed by atoms with Gasteiger partial charge in [-0.1, -0.05) is 0 Å². The summed E-state index contributed by atoms with van der Waals surface area (Å²) < 4.78 is 0. The fraction of sp³-hybridized carbons (Fsp3) is 0.500. The number of hydrogen-bond donors (Lipinski definition) is 0. The first kappa shape index (κ1) is 15.8. The van der Waals surface area contributed by atoms with E-state index in [1.165, 1.54) is 0 Å². The zero-order valence-corrected chi connectivity index (χ0v) is 7.77. The summed E-state index contributed by atoms with van der Waals surface area (Å²) in [6.07, 6.45) is 0. The minimum atomic E-state index is -1.08. The van der Waals surface area contributed by atoms with Crippen LogP contribution < -0.4 is 5.11 Å². The summed E-state index contributed by atoms with van der Waals surface area (Å²) in [5.41, 5.74) is 0. The van der Waals surface area contributed by atoms with Gasteiger partial charge in [0.15, 0.2) is 0 Å². The molecule has 0 saturated heterocycles. The molecule has 36 valence electrons. The van der Waals surface area contributed by atoms with Crippen molar-refractivity contribution in [3.05, 3.63) is 0 Å². The van der Waals surface area contributed by atoms with Crippen molar-refractivity contribution in [3.63, 3.8) is 0 Å². The minimum Gasteiger partial charge on any atom is -0.550 e. The van der Waals surface area contributed by atoms with Gasteiger partial charge in [0.25, 0.3) is 0 Å². The second-order valence-corrected chi connectivity index (χ2v) is 0.492. The van der Waals surface area contributed by atoms with Crippen LogP contribution in [0.15, 0.2) is 0 Å². The average Bonchev–Trinajstić information content (AvgIpc) is 0.811. The van der Waals surface area contributed by atoms with E-state index in [2.05, 4.69) is 0 Å². The predicted molar refractivity (Wildman–Crippen MR) is 10.7 cm³/mol. The zero-order chi connectivity index (χ0) is 3.58. The first-order valence-corrected chi connectivity index (χ1v) is 0.908. The Bertz CT molecular complexity index is 34.5. The van der Waals surface area contributed by atoms with Gasteiger partial charge in [0.05, 0.1) is 0 Å². The Hall–Kier alpha value is 0.834. The van der Waals surface area contributed by atoms with Gasteiger partial charge in [-0.3, -0.25) is 0 Å². The van der Waals surface area contributed by atoms with Crippen LogP contribution in [-0.4, -0.2) is 5.97 Å². The molecule has 0 aliphatic heterocycles. The monoisotopic (exact) mass is 230 g/mol. The van der Waals surface area contributed by atoms with Gasteiger partial charge in [-0.2, -0.15) is 0 Å². The number of carboxylic acids is 1. The Kier molecular flexibility index (Phi) is 24.5. The van der Waals surface area contributed by atoms with Crippen LogP contribution in [0.3, 0.4) is 0 Å². The molecule has 0 amide bonds. The number of carbonyl (C=O) groups excluding carboxylic acids is 1. The molecule has 0 aliphatic carbocycles. The van der Waals surface area contributed by atoms with Crippen molar-refractivity contribution < 1.29 is 51.8 Å². The van der Waals surface area contributed by atoms with E-state index in [1.807, 2.05) is 0 Å². The Labute approximate surface area is 64.6 Å². The fourth-order valence-corrected chi connectivity index (χ4v) is 0. The number of carbonyl (C=O) groups is 1. The standard InChI is InChI=1S/C2H4O2.Ag.Zn/c1-2(3)4;;/h1H3,(H,3,4);;/q;+1;/p-1. The molecular weight excluding hydrogens is 229 g/mol. The molecule has 0 aliphatic rings. The van der Waals surface area contributed by atoms with Gasteiger partial charge < -0.3 is 9.90 Å². The summed E-state index contributed by atoms with van der Waals surface area (Å²) in [6, 6.07) is 0. The van der Waals surface area contributed by atoms with Crippen LogP contribution >= 0.6 is 0 Å². The molecule has 0 heterocycles. The smallest absolute Gasteiger partial charge is 0.550 e. The van der Waals surface area contributed by atoms with E-state index in [0.29, 0.717) is 0 Å². The van der Waals surface area contributed by atoms with Crippen molar-refractivity contribution in [1.29, 1.82) is 0 Å². The van der Waals surface area contributed by atoms with E-state index >= 15 is 0 Å². The molecule has 0 N–H and O–H groups in total. The molecule has 4 heteroatoms. The summed E-state index contributed by atoms with van der Waals surface area (Å²) in [4.78, 5) is 8.89. The molecule has 0 aromatic heterocycles. The Morgan fingerprint density at radius 1 is 1.67 bits per heavy atom. The van der Waals surface area contributed by atoms with E-state index in [0.717, 1.165) is 6.92 Å².